The molecule has 27 heavy (non-hydrogen) atoms. The number of thiazole rings is 1. The monoisotopic (exact) mass is 389 g/mol. The fraction of sp³-hybridized carbons (Fsp3) is 0.550. The molecule has 6 nitrogen and oxygen atoms in total. The van der Waals surface area contributed by atoms with E-state index in [-0.39, 0.29) is 17.9 Å². The van der Waals surface area contributed by atoms with Crippen molar-refractivity contribution in [2.45, 2.75) is 45.8 Å². The van der Waals surface area contributed by atoms with E-state index in [2.05, 4.69) is 4.98 Å². The normalized spacial score (nSPS) is 17.8. The minimum Gasteiger partial charge on any atom is -0.444 e. The van der Waals surface area contributed by atoms with Crippen LogP contribution in [0.4, 0.5) is 4.79 Å². The first kappa shape index (κ1) is 19.6. The smallest absolute Gasteiger partial charge is 0.410 e. The van der Waals surface area contributed by atoms with Crippen molar-refractivity contribution in [3.63, 3.8) is 0 Å². The molecule has 2 aromatic rings. The maximum atomic E-state index is 12.9. The predicted molar refractivity (Wildman–Crippen MR) is 107 cm³/mol. The number of amides is 2. The Morgan fingerprint density at radius 3 is 2.78 bits per heavy atom. The zero-order chi connectivity index (χ0) is 19.6. The number of hydrogen-bond acceptors (Lipinski definition) is 5. The Balaban J connectivity index is 1.61. The molecule has 1 fully saturated rings. The molecule has 2 heterocycles. The van der Waals surface area contributed by atoms with Crippen LogP contribution in [0.25, 0.3) is 10.2 Å². The van der Waals surface area contributed by atoms with E-state index in [4.69, 9.17) is 4.74 Å². The number of carbonyl (C=O) groups excluding carboxylic acids is 2. The number of nitrogens with zero attached hydrogens (tertiary/aromatic N) is 3. The van der Waals surface area contributed by atoms with Crippen LogP contribution >= 0.6 is 11.3 Å². The lowest BCUT2D eigenvalue weighted by Gasteiger charge is -2.34. The fourth-order valence-corrected chi connectivity index (χ4v) is 4.27. The largest absolute Gasteiger partial charge is 0.444 e. The van der Waals surface area contributed by atoms with Gasteiger partial charge in [0.05, 0.1) is 22.7 Å². The average Bonchev–Trinajstić information content (AvgIpc) is 3.02. The van der Waals surface area contributed by atoms with Crippen molar-refractivity contribution in [1.29, 1.82) is 0 Å². The van der Waals surface area contributed by atoms with Crippen molar-refractivity contribution in [2.24, 2.45) is 5.92 Å². The van der Waals surface area contributed by atoms with Gasteiger partial charge in [0.2, 0.25) is 5.91 Å². The van der Waals surface area contributed by atoms with Crippen LogP contribution in [-0.4, -0.2) is 52.5 Å². The Morgan fingerprint density at radius 2 is 2.07 bits per heavy atom. The third-order valence-electron chi connectivity index (χ3n) is 4.51. The molecule has 3 rings (SSSR count). The van der Waals surface area contributed by atoms with E-state index in [0.717, 1.165) is 28.1 Å². The van der Waals surface area contributed by atoms with Gasteiger partial charge in [-0.15, -0.1) is 11.3 Å². The first-order valence-electron chi connectivity index (χ1n) is 9.30. The molecule has 0 radical (unpaired) electrons. The van der Waals surface area contributed by atoms with Gasteiger partial charge in [0.25, 0.3) is 0 Å². The topological polar surface area (TPSA) is 62.7 Å². The Morgan fingerprint density at radius 1 is 1.33 bits per heavy atom. The molecule has 1 aliphatic heterocycles. The molecule has 1 saturated heterocycles. The number of carbonyl (C=O) groups is 2. The van der Waals surface area contributed by atoms with Gasteiger partial charge in [0.15, 0.2) is 0 Å². The van der Waals surface area contributed by atoms with Crippen LogP contribution in [0.3, 0.4) is 0 Å². The van der Waals surface area contributed by atoms with E-state index in [0.29, 0.717) is 19.6 Å². The molecular formula is C20H27N3O3S. The molecule has 0 bridgehead atoms. The molecule has 1 aromatic heterocycles. The molecule has 0 spiro atoms. The van der Waals surface area contributed by atoms with Gasteiger partial charge in [-0.05, 0) is 45.7 Å². The third-order valence-corrected chi connectivity index (χ3v) is 5.53. The quantitative estimate of drug-likeness (QED) is 0.799. The summed E-state index contributed by atoms with van der Waals surface area (Å²) in [6.07, 6.45) is 1.27. The van der Waals surface area contributed by atoms with Crippen LogP contribution in [0.1, 0.15) is 38.6 Å². The number of likely N-dealkylation sites (tertiary alicyclic amines) is 1. The Labute approximate surface area is 164 Å². The van der Waals surface area contributed by atoms with Crippen molar-refractivity contribution in [3.8, 4) is 0 Å². The van der Waals surface area contributed by atoms with Gasteiger partial charge >= 0.3 is 6.09 Å². The summed E-state index contributed by atoms with van der Waals surface area (Å²) in [5, 5.41) is 0.923. The van der Waals surface area contributed by atoms with Crippen LogP contribution in [0.2, 0.25) is 0 Å². The first-order chi connectivity index (χ1) is 12.7. The van der Waals surface area contributed by atoms with Crippen molar-refractivity contribution in [1.82, 2.24) is 14.8 Å². The lowest BCUT2D eigenvalue weighted by molar-refractivity contribution is -0.136. The predicted octanol–water partition coefficient (Wildman–Crippen LogP) is 3.90. The summed E-state index contributed by atoms with van der Waals surface area (Å²) in [7, 11) is 1.81. The molecule has 1 atom stereocenters. The maximum absolute atomic E-state index is 12.9. The number of benzene rings is 1. The fourth-order valence-electron chi connectivity index (χ4n) is 3.25. The molecule has 7 heteroatoms. The van der Waals surface area contributed by atoms with Crippen LogP contribution in [0.5, 0.6) is 0 Å². The number of piperidine rings is 1. The van der Waals surface area contributed by atoms with Crippen molar-refractivity contribution in [3.05, 3.63) is 29.3 Å². The summed E-state index contributed by atoms with van der Waals surface area (Å²) in [5.41, 5.74) is 0.435. The second-order valence-electron chi connectivity index (χ2n) is 8.04. The zero-order valence-corrected chi connectivity index (χ0v) is 17.2. The molecule has 0 N–H and O–H groups in total. The number of para-hydroxylation sites is 1. The summed E-state index contributed by atoms with van der Waals surface area (Å²) >= 11 is 1.61. The third kappa shape index (κ3) is 4.97. The Kier molecular flexibility index (Phi) is 5.69. The van der Waals surface area contributed by atoms with Crippen molar-refractivity contribution >= 4 is 33.6 Å². The Bertz CT molecular complexity index is 794. The highest BCUT2D eigenvalue weighted by Gasteiger charge is 2.32. The highest BCUT2D eigenvalue weighted by Crippen LogP contribution is 2.25. The molecule has 146 valence electrons. The Hall–Kier alpha value is -2.15. The highest BCUT2D eigenvalue weighted by molar-refractivity contribution is 7.18. The summed E-state index contributed by atoms with van der Waals surface area (Å²) in [6, 6.07) is 7.98. The summed E-state index contributed by atoms with van der Waals surface area (Å²) in [6.45, 7) is 7.09. The first-order valence-corrected chi connectivity index (χ1v) is 10.1. The second kappa shape index (κ2) is 7.84. The molecule has 0 saturated carbocycles. The van der Waals surface area contributed by atoms with E-state index < -0.39 is 5.60 Å². The van der Waals surface area contributed by atoms with E-state index in [1.54, 1.807) is 28.2 Å². The number of aromatic nitrogens is 1. The minimum atomic E-state index is -0.530. The van der Waals surface area contributed by atoms with Crippen LogP contribution in [0, 0.1) is 5.92 Å². The molecule has 2 amide bonds. The van der Waals surface area contributed by atoms with E-state index in [9.17, 15) is 9.59 Å². The summed E-state index contributed by atoms with van der Waals surface area (Å²) in [5.74, 6) is -0.131. The second-order valence-corrected chi connectivity index (χ2v) is 9.15. The molecule has 0 aliphatic carbocycles. The SMILES string of the molecule is CN(Cc1nc2ccccc2s1)C(=O)C1CCCN(C(=O)OC(C)(C)C)C1. The molecule has 1 aromatic carbocycles. The van der Waals surface area contributed by atoms with E-state index in [1.807, 2.05) is 45.0 Å². The lowest BCUT2D eigenvalue weighted by atomic mass is 9.97. The average molecular weight is 390 g/mol. The minimum absolute atomic E-state index is 0.0579. The van der Waals surface area contributed by atoms with E-state index in [1.165, 1.54) is 0 Å². The van der Waals surface area contributed by atoms with Gasteiger partial charge in [-0.1, -0.05) is 12.1 Å². The lowest BCUT2D eigenvalue weighted by Crippen LogP contribution is -2.47. The van der Waals surface area contributed by atoms with Crippen LogP contribution < -0.4 is 0 Å². The van der Waals surface area contributed by atoms with Gasteiger partial charge in [0.1, 0.15) is 10.6 Å². The summed E-state index contributed by atoms with van der Waals surface area (Å²) in [4.78, 5) is 33.2. The van der Waals surface area contributed by atoms with Gasteiger partial charge < -0.3 is 14.5 Å². The van der Waals surface area contributed by atoms with Gasteiger partial charge in [-0.3, -0.25) is 4.79 Å². The summed E-state index contributed by atoms with van der Waals surface area (Å²) < 4.78 is 6.58. The van der Waals surface area contributed by atoms with Gasteiger partial charge in [0, 0.05) is 20.1 Å². The number of ether oxygens (including phenoxy) is 1. The van der Waals surface area contributed by atoms with E-state index >= 15 is 0 Å². The zero-order valence-electron chi connectivity index (χ0n) is 16.4. The number of rotatable bonds is 3. The van der Waals surface area contributed by atoms with Crippen LogP contribution in [0.15, 0.2) is 24.3 Å². The molecule has 1 aliphatic rings. The number of hydrogen-bond donors (Lipinski definition) is 0. The van der Waals surface area contributed by atoms with Gasteiger partial charge in [-0.25, -0.2) is 9.78 Å². The van der Waals surface area contributed by atoms with Gasteiger partial charge in [-0.2, -0.15) is 0 Å². The number of fused-ring (bicyclic) bond motifs is 1. The molecule has 1 unspecified atom stereocenters. The molecular weight excluding hydrogens is 362 g/mol. The maximum Gasteiger partial charge on any atom is 0.410 e. The van der Waals surface area contributed by atoms with Crippen molar-refractivity contribution < 1.29 is 14.3 Å². The van der Waals surface area contributed by atoms with Crippen molar-refractivity contribution in [2.75, 3.05) is 20.1 Å². The highest BCUT2D eigenvalue weighted by atomic mass is 32.1. The van der Waals surface area contributed by atoms with Crippen LogP contribution in [-0.2, 0) is 16.1 Å². The standard InChI is InChI=1S/C20H27N3O3S/c1-20(2,3)26-19(25)23-11-7-8-14(12-23)18(24)22(4)13-17-21-15-9-5-6-10-16(15)27-17/h5-6,9-10,14H,7-8,11-13H2,1-4H3.